The molecule has 0 atom stereocenters. The first kappa shape index (κ1) is 36.9. The summed E-state index contributed by atoms with van der Waals surface area (Å²) >= 11 is 0. The van der Waals surface area contributed by atoms with Gasteiger partial charge in [0, 0.05) is 38.4 Å². The van der Waals surface area contributed by atoms with Crippen molar-refractivity contribution in [1.29, 1.82) is 0 Å². The minimum absolute atomic E-state index is 0.142. The number of hydrogen-bond donors (Lipinski definition) is 0. The Morgan fingerprint density at radius 2 is 1.00 bits per heavy atom. The van der Waals surface area contributed by atoms with Gasteiger partial charge in [-0.1, -0.05) is 190 Å². The van der Waals surface area contributed by atoms with Crippen molar-refractivity contribution in [2.24, 2.45) is 0 Å². The Labute approximate surface area is 368 Å². The lowest BCUT2D eigenvalue weighted by Crippen LogP contribution is -2.16. The molecule has 1 aliphatic rings. The van der Waals surface area contributed by atoms with Crippen molar-refractivity contribution >= 4 is 49.8 Å². The van der Waals surface area contributed by atoms with Gasteiger partial charge in [0.25, 0.3) is 0 Å². The Bertz CT molecular complexity index is 3520. The highest BCUT2D eigenvalue weighted by Crippen LogP contribution is 2.55. The van der Waals surface area contributed by atoms with Crippen LogP contribution in [-0.2, 0) is 5.41 Å². The molecule has 0 aliphatic heterocycles. The first-order valence-electron chi connectivity index (χ1n) is 21.8. The van der Waals surface area contributed by atoms with Crippen LogP contribution in [0.4, 0.5) is 17.1 Å². The Kier molecular flexibility index (Phi) is 8.55. The fraction of sp³-hybridized carbons (Fsp3) is 0.0492. The number of hydrogen-bond acceptors (Lipinski definition) is 2. The topological polar surface area (TPSA) is 16.4 Å². The van der Waals surface area contributed by atoms with E-state index in [4.69, 9.17) is 4.42 Å². The molecular formula is C61H43NO. The average Bonchev–Trinajstić information content (AvgIpc) is 3.84. The van der Waals surface area contributed by atoms with E-state index in [0.29, 0.717) is 0 Å². The third-order valence-corrected chi connectivity index (χ3v) is 13.3. The quantitative estimate of drug-likeness (QED) is 0.160. The van der Waals surface area contributed by atoms with Gasteiger partial charge in [-0.05, 0) is 110 Å². The summed E-state index contributed by atoms with van der Waals surface area (Å²) in [5.41, 5.74) is 19.8. The standard InChI is InChI=1S/C61H43NO/c1-61(2)54-24-13-11-23-51(54)59-55(61)25-15-27-57(59)62(46-33-28-40(29-34-46)44-31-35-47(41-16-5-3-6-17-41)52(38-44)42-18-7-4-8-19-42)56-26-14-12-21-48(56)45-32-37-58-53(39-45)50-36-30-43-20-9-10-22-49(43)60(50)63-58/h3-39H,1-2H3. The molecule has 0 saturated heterocycles. The van der Waals surface area contributed by atoms with Crippen molar-refractivity contribution in [1.82, 2.24) is 0 Å². The molecule has 1 aromatic heterocycles. The van der Waals surface area contributed by atoms with E-state index in [-0.39, 0.29) is 5.41 Å². The van der Waals surface area contributed by atoms with Crippen LogP contribution < -0.4 is 4.90 Å². The normalized spacial score (nSPS) is 12.7. The van der Waals surface area contributed by atoms with Gasteiger partial charge in [-0.15, -0.1) is 0 Å². The molecule has 298 valence electrons. The van der Waals surface area contributed by atoms with E-state index < -0.39 is 0 Å². The second-order valence-corrected chi connectivity index (χ2v) is 17.2. The summed E-state index contributed by atoms with van der Waals surface area (Å²) in [6.07, 6.45) is 0. The van der Waals surface area contributed by atoms with Crippen LogP contribution in [0.5, 0.6) is 0 Å². The highest BCUT2D eigenvalue weighted by atomic mass is 16.3. The molecular weight excluding hydrogens is 763 g/mol. The van der Waals surface area contributed by atoms with Gasteiger partial charge in [-0.25, -0.2) is 0 Å². The predicted molar refractivity (Wildman–Crippen MR) is 265 cm³/mol. The molecule has 2 nitrogen and oxygen atoms in total. The summed E-state index contributed by atoms with van der Waals surface area (Å²) in [6, 6.07) is 81.7. The first-order valence-corrected chi connectivity index (χ1v) is 21.8. The number of benzene rings is 10. The molecule has 1 aliphatic carbocycles. The van der Waals surface area contributed by atoms with Gasteiger partial charge in [0.1, 0.15) is 11.2 Å². The number of fused-ring (bicyclic) bond motifs is 8. The summed E-state index contributed by atoms with van der Waals surface area (Å²) in [6.45, 7) is 4.71. The van der Waals surface area contributed by atoms with Crippen molar-refractivity contribution in [3.63, 3.8) is 0 Å². The molecule has 0 amide bonds. The van der Waals surface area contributed by atoms with Crippen LogP contribution in [0.15, 0.2) is 229 Å². The number of nitrogens with zero attached hydrogens (tertiary/aromatic N) is 1. The van der Waals surface area contributed by atoms with Gasteiger partial charge < -0.3 is 9.32 Å². The Balaban J connectivity index is 1.03. The second-order valence-electron chi connectivity index (χ2n) is 17.2. The number of anilines is 3. The lowest BCUT2D eigenvalue weighted by atomic mass is 9.82. The van der Waals surface area contributed by atoms with Crippen LogP contribution in [0.1, 0.15) is 25.0 Å². The number of para-hydroxylation sites is 1. The molecule has 0 bridgehead atoms. The van der Waals surface area contributed by atoms with E-state index in [1.165, 1.54) is 61.0 Å². The van der Waals surface area contributed by atoms with E-state index >= 15 is 0 Å². The monoisotopic (exact) mass is 805 g/mol. The van der Waals surface area contributed by atoms with E-state index in [0.717, 1.165) is 55.5 Å². The van der Waals surface area contributed by atoms with Crippen LogP contribution in [0.25, 0.3) is 88.3 Å². The summed E-state index contributed by atoms with van der Waals surface area (Å²) in [5, 5.41) is 4.55. The third kappa shape index (κ3) is 6.02. The van der Waals surface area contributed by atoms with Crippen LogP contribution in [0, 0.1) is 0 Å². The molecule has 1 heterocycles. The maximum absolute atomic E-state index is 6.57. The molecule has 0 fully saturated rings. The van der Waals surface area contributed by atoms with E-state index in [9.17, 15) is 0 Å². The zero-order valence-electron chi connectivity index (χ0n) is 35.2. The van der Waals surface area contributed by atoms with Crippen LogP contribution in [0.3, 0.4) is 0 Å². The van der Waals surface area contributed by atoms with Crippen molar-refractivity contribution in [3.05, 3.63) is 236 Å². The van der Waals surface area contributed by atoms with Gasteiger partial charge in [-0.2, -0.15) is 0 Å². The average molecular weight is 806 g/mol. The molecule has 12 rings (SSSR count). The van der Waals surface area contributed by atoms with Gasteiger partial charge in [0.2, 0.25) is 0 Å². The molecule has 10 aromatic carbocycles. The third-order valence-electron chi connectivity index (χ3n) is 13.3. The van der Waals surface area contributed by atoms with Gasteiger partial charge >= 0.3 is 0 Å². The first-order chi connectivity index (χ1) is 31.0. The highest BCUT2D eigenvalue weighted by Gasteiger charge is 2.38. The number of rotatable bonds is 7. The summed E-state index contributed by atoms with van der Waals surface area (Å²) in [7, 11) is 0. The molecule has 0 saturated carbocycles. The maximum atomic E-state index is 6.57. The largest absolute Gasteiger partial charge is 0.455 e. The molecule has 0 radical (unpaired) electrons. The van der Waals surface area contributed by atoms with Crippen LogP contribution in [0.2, 0.25) is 0 Å². The molecule has 11 aromatic rings. The fourth-order valence-electron chi connectivity index (χ4n) is 10.2. The molecule has 2 heteroatoms. The Hall–Kier alpha value is -7.94. The van der Waals surface area contributed by atoms with Crippen molar-refractivity contribution < 1.29 is 4.42 Å². The second kappa shape index (κ2) is 14.6. The summed E-state index contributed by atoms with van der Waals surface area (Å²) in [5.74, 6) is 0. The predicted octanol–water partition coefficient (Wildman–Crippen LogP) is 17.2. The van der Waals surface area contributed by atoms with Crippen molar-refractivity contribution in [2.75, 3.05) is 4.90 Å². The maximum Gasteiger partial charge on any atom is 0.143 e. The van der Waals surface area contributed by atoms with Crippen molar-refractivity contribution in [3.8, 4) is 55.6 Å². The Morgan fingerprint density at radius 1 is 0.365 bits per heavy atom. The SMILES string of the molecule is CC1(C)c2ccccc2-c2c(N(c3ccc(-c4ccc(-c5ccccc5)c(-c5ccccc5)c4)cc3)c3ccccc3-c3ccc4oc5c6ccccc6ccc5c4c3)cccc21. The summed E-state index contributed by atoms with van der Waals surface area (Å²) < 4.78 is 6.57. The number of furan rings is 1. The van der Waals surface area contributed by atoms with Gasteiger partial charge in [0.15, 0.2) is 0 Å². The minimum atomic E-state index is -0.142. The van der Waals surface area contributed by atoms with Crippen molar-refractivity contribution in [2.45, 2.75) is 19.3 Å². The minimum Gasteiger partial charge on any atom is -0.455 e. The van der Waals surface area contributed by atoms with Gasteiger partial charge in [0.05, 0.1) is 11.4 Å². The van der Waals surface area contributed by atoms with E-state index in [1.807, 2.05) is 0 Å². The molecule has 0 unspecified atom stereocenters. The van der Waals surface area contributed by atoms with Crippen LogP contribution >= 0.6 is 0 Å². The lowest BCUT2D eigenvalue weighted by Gasteiger charge is -2.30. The molecule has 0 spiro atoms. The highest BCUT2D eigenvalue weighted by molar-refractivity contribution is 6.16. The summed E-state index contributed by atoms with van der Waals surface area (Å²) in [4.78, 5) is 2.48. The van der Waals surface area contributed by atoms with E-state index in [2.05, 4.69) is 243 Å². The fourth-order valence-corrected chi connectivity index (χ4v) is 10.2. The van der Waals surface area contributed by atoms with E-state index in [1.54, 1.807) is 0 Å². The molecule has 0 N–H and O–H groups in total. The zero-order chi connectivity index (χ0) is 42.1. The Morgan fingerprint density at radius 3 is 1.81 bits per heavy atom. The van der Waals surface area contributed by atoms with Crippen LogP contribution in [-0.4, -0.2) is 0 Å². The van der Waals surface area contributed by atoms with Gasteiger partial charge in [-0.3, -0.25) is 0 Å². The zero-order valence-corrected chi connectivity index (χ0v) is 35.2. The smallest absolute Gasteiger partial charge is 0.143 e. The lowest BCUT2D eigenvalue weighted by molar-refractivity contribution is 0.660. The molecule has 63 heavy (non-hydrogen) atoms.